The number of guanidine groups is 1. The Hall–Kier alpha value is -0.850. The van der Waals surface area contributed by atoms with Crippen molar-refractivity contribution >= 4 is 29.9 Å². The van der Waals surface area contributed by atoms with Crippen molar-refractivity contribution in [2.45, 2.75) is 45.4 Å². The molecule has 0 spiro atoms. The van der Waals surface area contributed by atoms with Crippen LogP contribution in [0.4, 0.5) is 0 Å². The van der Waals surface area contributed by atoms with Crippen LogP contribution in [0, 0.1) is 11.8 Å². The van der Waals surface area contributed by atoms with Gasteiger partial charge in [0.25, 0.3) is 0 Å². The summed E-state index contributed by atoms with van der Waals surface area (Å²) in [6.07, 6.45) is 9.37. The van der Waals surface area contributed by atoms with Gasteiger partial charge >= 0.3 is 0 Å². The molecule has 0 amide bonds. The molecule has 1 aromatic heterocycles. The summed E-state index contributed by atoms with van der Waals surface area (Å²) >= 11 is 0. The van der Waals surface area contributed by atoms with Gasteiger partial charge in [0.05, 0.1) is 0 Å². The minimum Gasteiger partial charge on any atom is -0.370 e. The summed E-state index contributed by atoms with van der Waals surface area (Å²) in [4.78, 5) is 8.78. The van der Waals surface area contributed by atoms with Crippen LogP contribution in [0.3, 0.4) is 0 Å². The van der Waals surface area contributed by atoms with Gasteiger partial charge in [-0.2, -0.15) is 0 Å². The van der Waals surface area contributed by atoms with Crippen LogP contribution in [0.2, 0.25) is 0 Å². The van der Waals surface area contributed by atoms with Crippen molar-refractivity contribution in [2.75, 3.05) is 13.1 Å². The van der Waals surface area contributed by atoms with E-state index >= 15 is 0 Å². The van der Waals surface area contributed by atoms with Gasteiger partial charge in [-0.25, -0.2) is 0 Å². The molecule has 0 aromatic carbocycles. The first kappa shape index (κ1) is 19.2. The van der Waals surface area contributed by atoms with Crippen LogP contribution in [0.5, 0.6) is 0 Å². The topological polar surface area (TPSA) is 63.3 Å². The van der Waals surface area contributed by atoms with E-state index < -0.39 is 0 Å². The molecule has 0 radical (unpaired) electrons. The number of rotatable bonds is 6. The van der Waals surface area contributed by atoms with Crippen molar-refractivity contribution in [2.24, 2.45) is 22.6 Å². The summed E-state index contributed by atoms with van der Waals surface area (Å²) in [7, 11) is 0. The summed E-state index contributed by atoms with van der Waals surface area (Å²) < 4.78 is 0. The van der Waals surface area contributed by atoms with E-state index in [1.54, 1.807) is 0 Å². The fourth-order valence-corrected chi connectivity index (χ4v) is 2.97. The van der Waals surface area contributed by atoms with E-state index in [1.165, 1.54) is 32.1 Å². The molecule has 0 aliphatic heterocycles. The maximum atomic E-state index is 5.93. The molecule has 1 heterocycles. The third-order valence-electron chi connectivity index (χ3n) is 4.48. The first-order valence-electron chi connectivity index (χ1n) is 8.21. The van der Waals surface area contributed by atoms with Gasteiger partial charge in [-0.1, -0.05) is 32.3 Å². The molecular formula is C17H29IN4. The predicted molar refractivity (Wildman–Crippen MR) is 104 cm³/mol. The Morgan fingerprint density at radius 3 is 2.64 bits per heavy atom. The van der Waals surface area contributed by atoms with Crippen molar-refractivity contribution in [1.29, 1.82) is 0 Å². The second-order valence-corrected chi connectivity index (χ2v) is 6.02. The first-order chi connectivity index (χ1) is 10.3. The van der Waals surface area contributed by atoms with E-state index in [4.69, 9.17) is 5.73 Å². The Bertz CT molecular complexity index is 428. The zero-order valence-electron chi connectivity index (χ0n) is 13.5. The molecule has 124 valence electrons. The molecule has 5 heteroatoms. The largest absolute Gasteiger partial charge is 0.370 e. The lowest BCUT2D eigenvalue weighted by molar-refractivity contribution is 0.274. The molecule has 22 heavy (non-hydrogen) atoms. The van der Waals surface area contributed by atoms with Gasteiger partial charge in [0.2, 0.25) is 0 Å². The lowest BCUT2D eigenvalue weighted by atomic mass is 9.81. The minimum atomic E-state index is 0. The van der Waals surface area contributed by atoms with Gasteiger partial charge < -0.3 is 11.1 Å². The van der Waals surface area contributed by atoms with Crippen molar-refractivity contribution < 1.29 is 0 Å². The van der Waals surface area contributed by atoms with E-state index in [9.17, 15) is 0 Å². The molecule has 1 fully saturated rings. The van der Waals surface area contributed by atoms with Gasteiger partial charge in [-0.3, -0.25) is 9.98 Å². The molecule has 1 aliphatic rings. The Balaban J connectivity index is 0.00000242. The average Bonchev–Trinajstić information content (AvgIpc) is 2.54. The van der Waals surface area contributed by atoms with Gasteiger partial charge in [0, 0.05) is 31.4 Å². The Kier molecular flexibility index (Phi) is 9.43. The van der Waals surface area contributed by atoms with Crippen molar-refractivity contribution in [3.63, 3.8) is 0 Å². The average molecular weight is 416 g/mol. The van der Waals surface area contributed by atoms with Crippen LogP contribution in [0.25, 0.3) is 0 Å². The van der Waals surface area contributed by atoms with E-state index in [2.05, 4.69) is 22.2 Å². The number of nitrogens with zero attached hydrogens (tertiary/aromatic N) is 2. The highest BCUT2D eigenvalue weighted by Crippen LogP contribution is 2.30. The number of nitrogens with two attached hydrogens (primary N) is 1. The van der Waals surface area contributed by atoms with E-state index in [-0.39, 0.29) is 24.0 Å². The Labute approximate surface area is 151 Å². The minimum absolute atomic E-state index is 0. The summed E-state index contributed by atoms with van der Waals surface area (Å²) in [6.45, 7) is 3.96. The second kappa shape index (κ2) is 10.8. The fourth-order valence-electron chi connectivity index (χ4n) is 2.97. The Morgan fingerprint density at radius 2 is 2.00 bits per heavy atom. The highest BCUT2D eigenvalue weighted by atomic mass is 127. The third-order valence-corrected chi connectivity index (χ3v) is 4.48. The fraction of sp³-hybridized carbons (Fsp3) is 0.647. The number of hydrogen-bond acceptors (Lipinski definition) is 2. The number of pyridine rings is 1. The normalized spacial score (nSPS) is 22.0. The zero-order chi connectivity index (χ0) is 14.9. The lowest BCUT2D eigenvalue weighted by Gasteiger charge is -2.26. The summed E-state index contributed by atoms with van der Waals surface area (Å²) in [6, 6.07) is 5.97. The van der Waals surface area contributed by atoms with Crippen molar-refractivity contribution in [1.82, 2.24) is 10.3 Å². The van der Waals surface area contributed by atoms with Crippen LogP contribution in [-0.4, -0.2) is 24.0 Å². The SMILES string of the molecule is CCC1CCC(CN=C(N)NCCc2ccccn2)CC1.I. The zero-order valence-corrected chi connectivity index (χ0v) is 15.8. The van der Waals surface area contributed by atoms with Crippen molar-refractivity contribution in [3.05, 3.63) is 30.1 Å². The molecule has 0 atom stereocenters. The van der Waals surface area contributed by atoms with Crippen LogP contribution in [-0.2, 0) is 6.42 Å². The van der Waals surface area contributed by atoms with Gasteiger partial charge in [0.1, 0.15) is 0 Å². The van der Waals surface area contributed by atoms with E-state index in [0.29, 0.717) is 5.96 Å². The first-order valence-corrected chi connectivity index (χ1v) is 8.21. The van der Waals surface area contributed by atoms with Gasteiger partial charge in [-0.15, -0.1) is 24.0 Å². The molecule has 4 nitrogen and oxygen atoms in total. The molecule has 2 rings (SSSR count). The van der Waals surface area contributed by atoms with Crippen LogP contribution < -0.4 is 11.1 Å². The summed E-state index contributed by atoms with van der Waals surface area (Å²) in [5.41, 5.74) is 7.01. The molecule has 1 aromatic rings. The second-order valence-electron chi connectivity index (χ2n) is 6.02. The number of nitrogens with one attached hydrogen (secondary N) is 1. The number of aliphatic imine (C=N–C) groups is 1. The van der Waals surface area contributed by atoms with Crippen LogP contribution >= 0.6 is 24.0 Å². The predicted octanol–water partition coefficient (Wildman–Crippen LogP) is 3.36. The summed E-state index contributed by atoms with van der Waals surface area (Å²) in [5.74, 6) is 2.24. The standard InChI is InChI=1S/C17H28N4.HI/c1-2-14-6-8-15(9-7-14)13-21-17(18)20-12-10-16-5-3-4-11-19-16;/h3-5,11,14-15H,2,6-10,12-13H2,1H3,(H3,18,20,21);1H. The lowest BCUT2D eigenvalue weighted by Crippen LogP contribution is -2.34. The van der Waals surface area contributed by atoms with Crippen LogP contribution in [0.1, 0.15) is 44.7 Å². The quantitative estimate of drug-likeness (QED) is 0.425. The molecule has 1 saturated carbocycles. The molecule has 1 aliphatic carbocycles. The number of halogens is 1. The summed E-state index contributed by atoms with van der Waals surface area (Å²) in [5, 5.41) is 3.18. The highest BCUT2D eigenvalue weighted by molar-refractivity contribution is 14.0. The number of hydrogen-bond donors (Lipinski definition) is 2. The van der Waals surface area contributed by atoms with E-state index in [1.807, 2.05) is 24.4 Å². The smallest absolute Gasteiger partial charge is 0.188 e. The highest BCUT2D eigenvalue weighted by Gasteiger charge is 2.19. The van der Waals surface area contributed by atoms with Crippen LogP contribution in [0.15, 0.2) is 29.4 Å². The van der Waals surface area contributed by atoms with Crippen molar-refractivity contribution in [3.8, 4) is 0 Å². The maximum absolute atomic E-state index is 5.93. The van der Waals surface area contributed by atoms with E-state index in [0.717, 1.165) is 37.0 Å². The van der Waals surface area contributed by atoms with Gasteiger partial charge in [0.15, 0.2) is 5.96 Å². The third kappa shape index (κ3) is 6.94. The van der Waals surface area contributed by atoms with Gasteiger partial charge in [-0.05, 0) is 36.8 Å². The Morgan fingerprint density at radius 1 is 1.27 bits per heavy atom. The maximum Gasteiger partial charge on any atom is 0.188 e. The monoisotopic (exact) mass is 416 g/mol. The molecule has 0 unspecified atom stereocenters. The molecule has 0 bridgehead atoms. The molecule has 0 saturated heterocycles. The number of aromatic nitrogens is 1. The molecule has 3 N–H and O–H groups in total. The molecular weight excluding hydrogens is 387 g/mol.